The number of imide groups is 1. The van der Waals surface area contributed by atoms with Gasteiger partial charge in [0.2, 0.25) is 35.4 Å². The predicted octanol–water partition coefficient (Wildman–Crippen LogP) is 0.820. The van der Waals surface area contributed by atoms with Gasteiger partial charge in [-0.25, -0.2) is 14.8 Å². The zero-order valence-corrected chi connectivity index (χ0v) is 43.6. The molecule has 9 amide bonds. The Labute approximate surface area is 443 Å². The fourth-order valence-electron chi connectivity index (χ4n) is 7.44. The van der Waals surface area contributed by atoms with Crippen molar-refractivity contribution in [1.82, 2.24) is 40.7 Å². The number of hydrogen-bond acceptors (Lipinski definition) is 17. The number of carbonyl (C=O) groups excluding carboxylic acids is 9. The van der Waals surface area contributed by atoms with Crippen molar-refractivity contribution in [3.63, 3.8) is 0 Å². The fraction of sp³-hybridized carbons (Fsp3) is 0.471. The highest BCUT2D eigenvalue weighted by atomic mass is 16.6. The van der Waals surface area contributed by atoms with Crippen molar-refractivity contribution in [2.45, 2.75) is 97.4 Å². The van der Waals surface area contributed by atoms with Crippen LogP contribution in [0.5, 0.6) is 0 Å². The number of anilines is 2. The Kier molecular flexibility index (Phi) is 22.9. The number of para-hydroxylation sites is 1. The van der Waals surface area contributed by atoms with E-state index in [1.807, 2.05) is 29.7 Å². The first-order chi connectivity index (χ1) is 36.7. The molecule has 0 radical (unpaired) electrons. The van der Waals surface area contributed by atoms with Gasteiger partial charge in [-0.1, -0.05) is 30.3 Å². The molecule has 26 heteroatoms. The minimum Gasteiger partial charge on any atom is -0.444 e. The summed E-state index contributed by atoms with van der Waals surface area (Å²) < 4.78 is 29.3. The molecule has 1 aliphatic rings. The lowest BCUT2D eigenvalue weighted by atomic mass is 10.1. The third-order valence-electron chi connectivity index (χ3n) is 11.3. The number of imidazole rings is 1. The number of nitrogens with one attached hydrogen (secondary N) is 6. The van der Waals surface area contributed by atoms with Crippen LogP contribution in [-0.2, 0) is 81.8 Å². The number of primary amides is 1. The fourth-order valence-corrected chi connectivity index (χ4v) is 7.44. The van der Waals surface area contributed by atoms with Crippen LogP contribution in [0.4, 0.5) is 16.3 Å². The number of carbonyl (C=O) groups is 9. The van der Waals surface area contributed by atoms with Crippen molar-refractivity contribution in [3.8, 4) is 0 Å². The van der Waals surface area contributed by atoms with Crippen LogP contribution < -0.4 is 37.6 Å². The summed E-state index contributed by atoms with van der Waals surface area (Å²) in [5.74, 6) is -4.22. The lowest BCUT2D eigenvalue weighted by molar-refractivity contribution is -0.137. The molecule has 416 valence electrons. The second kappa shape index (κ2) is 29.4. The Bertz CT molecular complexity index is 2760. The standard InChI is InChI=1S/C51H67N11O15/c1-6-73-29-39-59-44-45(62(39)30-51(4,5)72)35-9-7-8-10-36(35)57-46(44)60-50(71)77-28-33-11-13-34(14-12-33)56-49(70)37(27-38(52)63)58-48(69)32(3)55-47(68)31(2)54-41(65)18-21-74-23-25-76-26-24-75-22-19-53-40(64)17-20-61-42(66)15-16-43(61)67/h7-16,31-32,37,72H,6,17-30H2,1-5H3,(H2,52,63)(H,53,64)(H,54,65)(H,55,68)(H,56,70)(H,58,69)(H,57,60,71)/t31-,32-,37+/m0/s1. The van der Waals surface area contributed by atoms with Crippen LogP contribution in [0.25, 0.3) is 21.9 Å². The lowest BCUT2D eigenvalue weighted by Gasteiger charge is -2.22. The third-order valence-corrected chi connectivity index (χ3v) is 11.3. The number of nitrogens with two attached hydrogens (primary N) is 1. The van der Waals surface area contributed by atoms with Crippen LogP contribution in [0.3, 0.4) is 0 Å². The van der Waals surface area contributed by atoms with Crippen molar-refractivity contribution in [2.24, 2.45) is 5.73 Å². The van der Waals surface area contributed by atoms with E-state index >= 15 is 0 Å². The zero-order valence-electron chi connectivity index (χ0n) is 43.6. The average molecular weight is 1070 g/mol. The van der Waals surface area contributed by atoms with Crippen LogP contribution in [-0.4, -0.2) is 161 Å². The Morgan fingerprint density at radius 1 is 0.727 bits per heavy atom. The van der Waals surface area contributed by atoms with Gasteiger partial charge in [0.15, 0.2) is 5.82 Å². The minimum atomic E-state index is -1.43. The largest absolute Gasteiger partial charge is 0.444 e. The number of nitrogens with zero attached hydrogens (tertiary/aromatic N) is 4. The minimum absolute atomic E-state index is 0.00419. The summed E-state index contributed by atoms with van der Waals surface area (Å²) >= 11 is 0. The Morgan fingerprint density at radius 2 is 1.36 bits per heavy atom. The molecule has 5 rings (SSSR count). The van der Waals surface area contributed by atoms with E-state index in [1.54, 1.807) is 32.0 Å². The van der Waals surface area contributed by atoms with E-state index in [4.69, 9.17) is 34.4 Å². The van der Waals surface area contributed by atoms with Gasteiger partial charge in [-0.05, 0) is 58.4 Å². The summed E-state index contributed by atoms with van der Waals surface area (Å²) in [6.07, 6.45) is 0.824. The number of aliphatic hydroxyl groups is 1. The van der Waals surface area contributed by atoms with Crippen molar-refractivity contribution in [1.29, 1.82) is 0 Å². The summed E-state index contributed by atoms with van der Waals surface area (Å²) in [7, 11) is 0. The molecule has 0 unspecified atom stereocenters. The number of pyridine rings is 1. The van der Waals surface area contributed by atoms with E-state index in [2.05, 4.69) is 36.9 Å². The maximum absolute atomic E-state index is 13.3. The number of aromatic nitrogens is 3. The van der Waals surface area contributed by atoms with Gasteiger partial charge in [0.1, 0.15) is 42.7 Å². The molecule has 0 saturated heterocycles. The van der Waals surface area contributed by atoms with Crippen LogP contribution in [0, 0.1) is 0 Å². The van der Waals surface area contributed by atoms with Crippen molar-refractivity contribution in [3.05, 3.63) is 72.1 Å². The molecule has 77 heavy (non-hydrogen) atoms. The van der Waals surface area contributed by atoms with E-state index in [1.165, 1.54) is 26.0 Å². The molecule has 9 N–H and O–H groups in total. The molecule has 0 fully saturated rings. The van der Waals surface area contributed by atoms with Gasteiger partial charge in [0, 0.05) is 55.8 Å². The Hall–Kier alpha value is -7.91. The Morgan fingerprint density at radius 3 is 2.03 bits per heavy atom. The summed E-state index contributed by atoms with van der Waals surface area (Å²) in [5.41, 5.74) is 6.71. The van der Waals surface area contributed by atoms with Gasteiger partial charge in [0.05, 0.1) is 69.2 Å². The molecule has 0 aliphatic carbocycles. The number of benzene rings is 2. The van der Waals surface area contributed by atoms with Gasteiger partial charge < -0.3 is 65.7 Å². The monoisotopic (exact) mass is 1070 g/mol. The molecule has 4 aromatic rings. The molecular weight excluding hydrogens is 1010 g/mol. The SMILES string of the molecule is CCOCc1nc2c(NC(=O)OCc3ccc(NC(=O)[C@@H](CC(N)=O)NC(=O)[C@H](C)NC(=O)[C@H](C)NC(=O)CCOCCOCCOCCNC(=O)CCN4C(=O)C=CC4=O)cc3)nc3ccccc3c2n1CC(C)(C)O. The number of hydrogen-bond donors (Lipinski definition) is 8. The van der Waals surface area contributed by atoms with Crippen LogP contribution in [0.15, 0.2) is 60.7 Å². The smallest absolute Gasteiger partial charge is 0.413 e. The summed E-state index contributed by atoms with van der Waals surface area (Å²) in [5, 5.41) is 26.9. The lowest BCUT2D eigenvalue weighted by Crippen LogP contribution is -2.55. The summed E-state index contributed by atoms with van der Waals surface area (Å²) in [4.78, 5) is 122. The van der Waals surface area contributed by atoms with E-state index in [0.29, 0.717) is 34.5 Å². The van der Waals surface area contributed by atoms with Crippen molar-refractivity contribution >= 4 is 86.8 Å². The topological polar surface area (TPSA) is 352 Å². The second-order valence-corrected chi connectivity index (χ2v) is 18.2. The highest BCUT2D eigenvalue weighted by molar-refractivity contribution is 6.13. The van der Waals surface area contributed by atoms with Gasteiger partial charge in [0.25, 0.3) is 11.8 Å². The van der Waals surface area contributed by atoms with Gasteiger partial charge in [-0.2, -0.15) is 0 Å². The maximum atomic E-state index is 13.3. The van der Waals surface area contributed by atoms with E-state index in [-0.39, 0.29) is 103 Å². The highest BCUT2D eigenvalue weighted by Crippen LogP contribution is 2.32. The number of rotatable bonds is 32. The number of amides is 9. The number of ether oxygens (including phenoxy) is 5. The van der Waals surface area contributed by atoms with Crippen molar-refractivity contribution < 1.29 is 71.9 Å². The first-order valence-electron chi connectivity index (χ1n) is 24.9. The summed E-state index contributed by atoms with van der Waals surface area (Å²) in [6, 6.07) is 9.87. The van der Waals surface area contributed by atoms with Crippen molar-refractivity contribution in [2.75, 3.05) is 70.0 Å². The third kappa shape index (κ3) is 19.3. The first kappa shape index (κ1) is 60.0. The predicted molar refractivity (Wildman–Crippen MR) is 277 cm³/mol. The molecule has 2 aromatic carbocycles. The molecule has 1 aliphatic heterocycles. The first-order valence-corrected chi connectivity index (χ1v) is 24.9. The van der Waals surface area contributed by atoms with Crippen LogP contribution >= 0.6 is 0 Å². The van der Waals surface area contributed by atoms with Crippen LogP contribution in [0.2, 0.25) is 0 Å². The summed E-state index contributed by atoms with van der Waals surface area (Å²) in [6.45, 7) is 9.98. The van der Waals surface area contributed by atoms with Crippen LogP contribution in [0.1, 0.15) is 65.3 Å². The molecule has 0 spiro atoms. The highest BCUT2D eigenvalue weighted by Gasteiger charge is 2.29. The molecule has 0 bridgehead atoms. The normalized spacial score (nSPS) is 13.5. The zero-order chi connectivity index (χ0) is 56.1. The molecule has 0 saturated carbocycles. The maximum Gasteiger partial charge on any atom is 0.413 e. The van der Waals surface area contributed by atoms with Gasteiger partial charge in [-0.15, -0.1) is 0 Å². The molecule has 2 aromatic heterocycles. The van der Waals surface area contributed by atoms with E-state index in [0.717, 1.165) is 22.4 Å². The molecule has 3 atom stereocenters. The average Bonchev–Trinajstić information content (AvgIpc) is 3.91. The molecular formula is C51H67N11O15. The van der Waals surface area contributed by atoms with E-state index in [9.17, 15) is 48.3 Å². The molecule has 3 heterocycles. The molecule has 26 nitrogen and oxygen atoms in total. The van der Waals surface area contributed by atoms with Gasteiger partial charge in [-0.3, -0.25) is 48.6 Å². The Balaban J connectivity index is 0.981. The van der Waals surface area contributed by atoms with Gasteiger partial charge >= 0.3 is 6.09 Å². The quantitative estimate of drug-likeness (QED) is 0.0248. The second-order valence-electron chi connectivity index (χ2n) is 18.2. The van der Waals surface area contributed by atoms with E-state index < -0.39 is 77.6 Å². The number of fused-ring (bicyclic) bond motifs is 3.